The van der Waals surface area contributed by atoms with Gasteiger partial charge in [-0.2, -0.15) is 5.10 Å². The molecule has 1 fully saturated rings. The average molecular weight is 335 g/mol. The van der Waals surface area contributed by atoms with Gasteiger partial charge in [0.15, 0.2) is 5.82 Å². The van der Waals surface area contributed by atoms with E-state index in [9.17, 15) is 4.79 Å². The molecule has 2 aromatic rings. The normalized spacial score (nSPS) is 15.9. The monoisotopic (exact) mass is 335 g/mol. The maximum absolute atomic E-state index is 11.5. The van der Waals surface area contributed by atoms with E-state index in [0.717, 1.165) is 11.2 Å². The van der Waals surface area contributed by atoms with Crippen LogP contribution in [0.5, 0.6) is 0 Å². The standard InChI is InChI=1S/C15H21N5O4/c1-22-11(8-23-15(21)24-12-6-17-7-12)4-2-10-3-5-13-14(16)18-9-19-20(10)13/h3,5,9,11-12,17H,2,4,6-8H2,1H3,(H2,16,18,19). The SMILES string of the molecule is COC(CCc1ccc2c(N)ncnn12)COC(=O)OC1CNC1. The van der Waals surface area contributed by atoms with Crippen LogP contribution in [0.25, 0.3) is 5.52 Å². The summed E-state index contributed by atoms with van der Waals surface area (Å²) in [5.41, 5.74) is 7.58. The molecule has 1 unspecified atom stereocenters. The molecule has 3 N–H and O–H groups in total. The first-order valence-corrected chi connectivity index (χ1v) is 7.81. The van der Waals surface area contributed by atoms with E-state index in [1.165, 1.54) is 6.33 Å². The molecule has 0 bridgehead atoms. The molecule has 2 aromatic heterocycles. The van der Waals surface area contributed by atoms with E-state index < -0.39 is 6.16 Å². The van der Waals surface area contributed by atoms with Crippen LogP contribution in [0.15, 0.2) is 18.5 Å². The fraction of sp³-hybridized carbons (Fsp3) is 0.533. The molecule has 0 radical (unpaired) electrons. The molecule has 24 heavy (non-hydrogen) atoms. The van der Waals surface area contributed by atoms with Crippen molar-refractivity contribution in [1.29, 1.82) is 0 Å². The minimum atomic E-state index is -0.655. The molecule has 3 rings (SSSR count). The third-order valence-electron chi connectivity index (χ3n) is 4.01. The highest BCUT2D eigenvalue weighted by Gasteiger charge is 2.22. The van der Waals surface area contributed by atoms with E-state index in [-0.39, 0.29) is 18.8 Å². The van der Waals surface area contributed by atoms with Gasteiger partial charge in [0, 0.05) is 25.9 Å². The molecule has 1 aliphatic rings. The van der Waals surface area contributed by atoms with E-state index >= 15 is 0 Å². The number of aryl methyl sites for hydroxylation is 1. The number of fused-ring (bicyclic) bond motifs is 1. The number of hydrogen-bond acceptors (Lipinski definition) is 8. The van der Waals surface area contributed by atoms with Crippen LogP contribution in [0.4, 0.5) is 10.6 Å². The number of rotatable bonds is 7. The molecular formula is C15H21N5O4. The van der Waals surface area contributed by atoms with Gasteiger partial charge in [0.1, 0.15) is 24.6 Å². The van der Waals surface area contributed by atoms with Crippen LogP contribution >= 0.6 is 0 Å². The quantitative estimate of drug-likeness (QED) is 0.699. The summed E-state index contributed by atoms with van der Waals surface area (Å²) in [4.78, 5) is 15.5. The van der Waals surface area contributed by atoms with E-state index in [1.54, 1.807) is 11.6 Å². The van der Waals surface area contributed by atoms with Crippen molar-refractivity contribution in [2.75, 3.05) is 32.5 Å². The van der Waals surface area contributed by atoms with Crippen LogP contribution in [0.2, 0.25) is 0 Å². The van der Waals surface area contributed by atoms with Crippen molar-refractivity contribution in [3.63, 3.8) is 0 Å². The molecule has 1 atom stereocenters. The van der Waals surface area contributed by atoms with Gasteiger partial charge in [0.05, 0.1) is 6.10 Å². The average Bonchev–Trinajstić information content (AvgIpc) is 2.96. The number of hydrogen-bond donors (Lipinski definition) is 2. The van der Waals surface area contributed by atoms with Crippen LogP contribution in [-0.4, -0.2) is 59.8 Å². The lowest BCUT2D eigenvalue weighted by molar-refractivity contribution is -0.0245. The van der Waals surface area contributed by atoms with E-state index in [2.05, 4.69) is 15.4 Å². The van der Waals surface area contributed by atoms with E-state index in [1.807, 2.05) is 12.1 Å². The molecule has 9 heteroatoms. The molecule has 9 nitrogen and oxygen atoms in total. The van der Waals surface area contributed by atoms with E-state index in [0.29, 0.717) is 31.7 Å². The highest BCUT2D eigenvalue weighted by Crippen LogP contribution is 2.15. The van der Waals surface area contributed by atoms with Gasteiger partial charge in [-0.05, 0) is 25.0 Å². The lowest BCUT2D eigenvalue weighted by atomic mass is 10.1. The highest BCUT2D eigenvalue weighted by atomic mass is 16.7. The van der Waals surface area contributed by atoms with Crippen molar-refractivity contribution < 1.29 is 19.0 Å². The Labute approximate surface area is 139 Å². The Hall–Kier alpha value is -2.39. The fourth-order valence-electron chi connectivity index (χ4n) is 2.45. The second-order valence-electron chi connectivity index (χ2n) is 5.62. The highest BCUT2D eigenvalue weighted by molar-refractivity contribution is 5.65. The van der Waals surface area contributed by atoms with Crippen molar-refractivity contribution in [3.05, 3.63) is 24.2 Å². The Kier molecular flexibility index (Phi) is 5.11. The minimum Gasteiger partial charge on any atom is -0.432 e. The molecule has 0 aromatic carbocycles. The molecule has 1 saturated heterocycles. The second kappa shape index (κ2) is 7.45. The number of nitrogens with one attached hydrogen (secondary N) is 1. The summed E-state index contributed by atoms with van der Waals surface area (Å²) in [5.74, 6) is 0.441. The predicted octanol–water partition coefficient (Wildman–Crippen LogP) is 0.384. The van der Waals surface area contributed by atoms with Gasteiger partial charge in [-0.1, -0.05) is 0 Å². The van der Waals surface area contributed by atoms with Crippen LogP contribution in [0.1, 0.15) is 12.1 Å². The smallest absolute Gasteiger partial charge is 0.432 e. The van der Waals surface area contributed by atoms with Crippen molar-refractivity contribution in [2.24, 2.45) is 0 Å². The van der Waals surface area contributed by atoms with Crippen LogP contribution < -0.4 is 11.1 Å². The maximum atomic E-state index is 11.5. The number of carbonyl (C=O) groups excluding carboxylic acids is 1. The largest absolute Gasteiger partial charge is 0.508 e. The maximum Gasteiger partial charge on any atom is 0.508 e. The van der Waals surface area contributed by atoms with Gasteiger partial charge >= 0.3 is 6.16 Å². The Morgan fingerprint density at radius 2 is 2.33 bits per heavy atom. The number of carbonyl (C=O) groups is 1. The van der Waals surface area contributed by atoms with Crippen molar-refractivity contribution in [2.45, 2.75) is 25.0 Å². The lowest BCUT2D eigenvalue weighted by Crippen LogP contribution is -2.49. The Bertz CT molecular complexity index is 700. The number of methoxy groups -OCH3 is 1. The molecular weight excluding hydrogens is 314 g/mol. The summed E-state index contributed by atoms with van der Waals surface area (Å²) in [6, 6.07) is 3.83. The third kappa shape index (κ3) is 3.74. The first-order valence-electron chi connectivity index (χ1n) is 7.81. The molecule has 0 saturated carbocycles. The summed E-state index contributed by atoms with van der Waals surface area (Å²) < 4.78 is 17.3. The third-order valence-corrected chi connectivity index (χ3v) is 4.01. The van der Waals surface area contributed by atoms with Crippen LogP contribution in [-0.2, 0) is 20.6 Å². The second-order valence-corrected chi connectivity index (χ2v) is 5.62. The zero-order valence-corrected chi connectivity index (χ0v) is 13.5. The molecule has 0 aliphatic carbocycles. The Morgan fingerprint density at radius 1 is 1.50 bits per heavy atom. The van der Waals surface area contributed by atoms with Gasteiger partial charge in [-0.3, -0.25) is 0 Å². The number of nitrogens with zero attached hydrogens (tertiary/aromatic N) is 3. The van der Waals surface area contributed by atoms with Gasteiger partial charge in [-0.15, -0.1) is 0 Å². The van der Waals surface area contributed by atoms with E-state index in [4.69, 9.17) is 19.9 Å². The first kappa shape index (κ1) is 16.5. The Balaban J connectivity index is 1.49. The molecule has 3 heterocycles. The molecule has 1 aliphatic heterocycles. The topological polar surface area (TPSA) is 113 Å². The summed E-state index contributed by atoms with van der Waals surface area (Å²) in [6.07, 6.45) is 1.84. The Morgan fingerprint density at radius 3 is 3.04 bits per heavy atom. The summed E-state index contributed by atoms with van der Waals surface area (Å²) in [7, 11) is 1.59. The number of anilines is 1. The molecule has 130 valence electrons. The van der Waals surface area contributed by atoms with Gasteiger partial charge in [0.2, 0.25) is 0 Å². The van der Waals surface area contributed by atoms with Gasteiger partial charge in [0.25, 0.3) is 0 Å². The number of nitrogens with two attached hydrogens (primary N) is 1. The van der Waals surface area contributed by atoms with Crippen molar-refractivity contribution in [3.8, 4) is 0 Å². The summed E-state index contributed by atoms with van der Waals surface area (Å²) in [5, 5.41) is 7.22. The fourth-order valence-corrected chi connectivity index (χ4v) is 2.45. The number of aromatic nitrogens is 3. The number of ether oxygens (including phenoxy) is 3. The zero-order chi connectivity index (χ0) is 16.9. The van der Waals surface area contributed by atoms with Crippen molar-refractivity contribution >= 4 is 17.5 Å². The molecule has 0 amide bonds. The van der Waals surface area contributed by atoms with Crippen molar-refractivity contribution in [1.82, 2.24) is 19.9 Å². The summed E-state index contributed by atoms with van der Waals surface area (Å²) >= 11 is 0. The van der Waals surface area contributed by atoms with Gasteiger partial charge < -0.3 is 25.3 Å². The lowest BCUT2D eigenvalue weighted by Gasteiger charge is -2.26. The van der Waals surface area contributed by atoms with Crippen LogP contribution in [0.3, 0.4) is 0 Å². The van der Waals surface area contributed by atoms with Crippen LogP contribution in [0, 0.1) is 0 Å². The summed E-state index contributed by atoms with van der Waals surface area (Å²) in [6.45, 7) is 1.50. The first-order chi connectivity index (χ1) is 11.7. The molecule has 0 spiro atoms. The minimum absolute atomic E-state index is 0.0873. The zero-order valence-electron chi connectivity index (χ0n) is 13.5. The van der Waals surface area contributed by atoms with Gasteiger partial charge in [-0.25, -0.2) is 14.3 Å². The number of nitrogen functional groups attached to an aromatic ring is 1. The predicted molar refractivity (Wildman–Crippen MR) is 85.6 cm³/mol.